The summed E-state index contributed by atoms with van der Waals surface area (Å²) in [6.07, 6.45) is 6.73. The molecule has 2 saturated heterocycles. The molecule has 3 atom stereocenters. The average Bonchev–Trinajstić information content (AvgIpc) is 2.98. The lowest BCUT2D eigenvalue weighted by molar-refractivity contribution is -0.0770. The fourth-order valence-electron chi connectivity index (χ4n) is 3.47. The van der Waals surface area contributed by atoms with Gasteiger partial charge in [0.25, 0.3) is 0 Å². The van der Waals surface area contributed by atoms with E-state index in [2.05, 4.69) is 29.3 Å². The molecule has 0 radical (unpaired) electrons. The van der Waals surface area contributed by atoms with E-state index in [1.54, 1.807) is 0 Å². The number of rotatable bonds is 4. The second-order valence-corrected chi connectivity index (χ2v) is 6.84. The van der Waals surface area contributed by atoms with Crippen molar-refractivity contribution in [2.45, 2.75) is 58.0 Å². The Morgan fingerprint density at radius 3 is 3.00 bits per heavy atom. The van der Waals surface area contributed by atoms with Gasteiger partial charge in [-0.2, -0.15) is 4.98 Å². The van der Waals surface area contributed by atoms with Gasteiger partial charge in [-0.1, -0.05) is 12.1 Å². The molecule has 1 aromatic heterocycles. The van der Waals surface area contributed by atoms with E-state index in [1.165, 1.54) is 19.3 Å². The molecule has 2 fully saturated rings. The molecule has 5 heteroatoms. The van der Waals surface area contributed by atoms with Crippen LogP contribution >= 0.6 is 0 Å². The Morgan fingerprint density at radius 2 is 2.29 bits per heavy atom. The van der Waals surface area contributed by atoms with Crippen LogP contribution in [0.15, 0.2) is 4.52 Å². The van der Waals surface area contributed by atoms with E-state index in [1.807, 2.05) is 0 Å². The first-order chi connectivity index (χ1) is 10.2. The highest BCUT2D eigenvalue weighted by Gasteiger charge is 2.35. The predicted molar refractivity (Wildman–Crippen MR) is 79.9 cm³/mol. The van der Waals surface area contributed by atoms with E-state index in [9.17, 15) is 0 Å². The maximum Gasteiger partial charge on any atom is 0.227 e. The maximum absolute atomic E-state index is 5.89. The highest BCUT2D eigenvalue weighted by atomic mass is 16.5. The first kappa shape index (κ1) is 15.0. The zero-order valence-electron chi connectivity index (χ0n) is 13.2. The van der Waals surface area contributed by atoms with Gasteiger partial charge in [-0.05, 0) is 64.0 Å². The number of nitrogens with zero attached hydrogens (tertiary/aromatic N) is 2. The van der Waals surface area contributed by atoms with Crippen molar-refractivity contribution in [2.75, 3.05) is 19.7 Å². The summed E-state index contributed by atoms with van der Waals surface area (Å²) in [5.41, 5.74) is -0.352. The first-order valence-electron chi connectivity index (χ1n) is 8.35. The van der Waals surface area contributed by atoms with Crippen LogP contribution in [-0.4, -0.2) is 29.8 Å². The molecule has 3 heterocycles. The van der Waals surface area contributed by atoms with Gasteiger partial charge in [0.1, 0.15) is 5.60 Å². The van der Waals surface area contributed by atoms with Crippen molar-refractivity contribution in [3.63, 3.8) is 0 Å². The third-order valence-electron chi connectivity index (χ3n) is 5.05. The number of hydrogen-bond donors (Lipinski definition) is 1. The Balaban J connectivity index is 1.61. The number of hydrogen-bond acceptors (Lipinski definition) is 5. The smallest absolute Gasteiger partial charge is 0.227 e. The van der Waals surface area contributed by atoms with Gasteiger partial charge in [0.15, 0.2) is 0 Å². The molecule has 2 aliphatic rings. The molecule has 21 heavy (non-hydrogen) atoms. The largest absolute Gasteiger partial charge is 0.367 e. The van der Waals surface area contributed by atoms with Gasteiger partial charge in [0, 0.05) is 13.0 Å². The van der Waals surface area contributed by atoms with Gasteiger partial charge in [0.05, 0.1) is 0 Å². The second kappa shape index (κ2) is 6.44. The molecular weight excluding hydrogens is 266 g/mol. The number of piperidine rings is 1. The quantitative estimate of drug-likeness (QED) is 0.925. The normalized spacial score (nSPS) is 32.0. The van der Waals surface area contributed by atoms with Crippen molar-refractivity contribution >= 4 is 0 Å². The molecule has 0 spiro atoms. The van der Waals surface area contributed by atoms with Crippen LogP contribution in [0.5, 0.6) is 0 Å². The van der Waals surface area contributed by atoms with Crippen LogP contribution in [0, 0.1) is 11.8 Å². The molecule has 1 aromatic rings. The molecule has 5 nitrogen and oxygen atoms in total. The minimum absolute atomic E-state index is 0.352. The molecule has 2 aliphatic heterocycles. The number of aromatic nitrogens is 2. The van der Waals surface area contributed by atoms with Crippen molar-refractivity contribution in [3.8, 4) is 0 Å². The van der Waals surface area contributed by atoms with Gasteiger partial charge < -0.3 is 14.6 Å². The highest BCUT2D eigenvalue weighted by Crippen LogP contribution is 2.33. The van der Waals surface area contributed by atoms with E-state index in [-0.39, 0.29) is 5.60 Å². The van der Waals surface area contributed by atoms with Gasteiger partial charge in [-0.15, -0.1) is 0 Å². The Labute approximate surface area is 126 Å². The maximum atomic E-state index is 5.89. The lowest BCUT2D eigenvalue weighted by Gasteiger charge is -2.30. The van der Waals surface area contributed by atoms with E-state index in [4.69, 9.17) is 9.26 Å². The molecule has 1 N–H and O–H groups in total. The standard InChI is InChI=1S/C16H27N3O2/c1-12(13-6-5-8-17-11-13)10-14-18-15(19-21-14)16(2)7-3-4-9-20-16/h12-13,17H,3-11H2,1-2H3. The molecule has 0 bridgehead atoms. The summed E-state index contributed by atoms with van der Waals surface area (Å²) >= 11 is 0. The van der Waals surface area contributed by atoms with E-state index in [0.29, 0.717) is 5.92 Å². The molecule has 3 rings (SSSR count). The molecule has 3 unspecified atom stereocenters. The molecule has 0 aromatic carbocycles. The Kier molecular flexibility index (Phi) is 4.60. The second-order valence-electron chi connectivity index (χ2n) is 6.84. The lowest BCUT2D eigenvalue weighted by atomic mass is 9.85. The summed E-state index contributed by atoms with van der Waals surface area (Å²) in [5, 5.41) is 7.66. The zero-order chi connectivity index (χ0) is 14.7. The van der Waals surface area contributed by atoms with Gasteiger partial charge in [0.2, 0.25) is 11.7 Å². The topological polar surface area (TPSA) is 60.2 Å². The average molecular weight is 293 g/mol. The van der Waals surface area contributed by atoms with Crippen LogP contribution in [0.4, 0.5) is 0 Å². The van der Waals surface area contributed by atoms with Gasteiger partial charge in [-0.3, -0.25) is 0 Å². The summed E-state index contributed by atoms with van der Waals surface area (Å²) in [6.45, 7) is 7.44. The summed E-state index contributed by atoms with van der Waals surface area (Å²) < 4.78 is 11.4. The summed E-state index contributed by atoms with van der Waals surface area (Å²) in [7, 11) is 0. The highest BCUT2D eigenvalue weighted by molar-refractivity contribution is 5.01. The van der Waals surface area contributed by atoms with Crippen molar-refractivity contribution in [3.05, 3.63) is 11.7 Å². The van der Waals surface area contributed by atoms with Gasteiger partial charge in [-0.25, -0.2) is 0 Å². The summed E-state index contributed by atoms with van der Waals surface area (Å²) in [6, 6.07) is 0. The predicted octanol–water partition coefficient (Wildman–Crippen LogP) is 2.66. The van der Waals surface area contributed by atoms with Crippen molar-refractivity contribution in [1.29, 1.82) is 0 Å². The Morgan fingerprint density at radius 1 is 1.38 bits per heavy atom. The van der Waals surface area contributed by atoms with E-state index >= 15 is 0 Å². The fourth-order valence-corrected chi connectivity index (χ4v) is 3.47. The number of ether oxygens (including phenoxy) is 1. The van der Waals surface area contributed by atoms with Crippen molar-refractivity contribution in [2.24, 2.45) is 11.8 Å². The summed E-state index contributed by atoms with van der Waals surface area (Å²) in [5.74, 6) is 2.78. The SMILES string of the molecule is CC(Cc1nc(C2(C)CCCCO2)no1)C1CCCNC1. The number of nitrogens with one attached hydrogen (secondary N) is 1. The first-order valence-corrected chi connectivity index (χ1v) is 8.35. The molecule has 0 amide bonds. The van der Waals surface area contributed by atoms with Gasteiger partial charge >= 0.3 is 0 Å². The van der Waals surface area contributed by atoms with Crippen LogP contribution in [0.25, 0.3) is 0 Å². The molecular formula is C16H27N3O2. The third kappa shape index (κ3) is 3.46. The van der Waals surface area contributed by atoms with Crippen LogP contribution in [-0.2, 0) is 16.8 Å². The minimum atomic E-state index is -0.352. The fraction of sp³-hybridized carbons (Fsp3) is 0.875. The molecule has 0 aliphatic carbocycles. The van der Waals surface area contributed by atoms with Crippen LogP contribution in [0.2, 0.25) is 0 Å². The van der Waals surface area contributed by atoms with Crippen molar-refractivity contribution in [1.82, 2.24) is 15.5 Å². The molecule has 118 valence electrons. The van der Waals surface area contributed by atoms with E-state index in [0.717, 1.165) is 56.6 Å². The minimum Gasteiger partial charge on any atom is -0.367 e. The van der Waals surface area contributed by atoms with Crippen LogP contribution < -0.4 is 5.32 Å². The summed E-state index contributed by atoms with van der Waals surface area (Å²) in [4.78, 5) is 4.62. The Bertz CT molecular complexity index is 448. The Hall–Kier alpha value is -0.940. The van der Waals surface area contributed by atoms with Crippen molar-refractivity contribution < 1.29 is 9.26 Å². The van der Waals surface area contributed by atoms with Crippen LogP contribution in [0.3, 0.4) is 0 Å². The third-order valence-corrected chi connectivity index (χ3v) is 5.05. The molecule has 0 saturated carbocycles. The zero-order valence-corrected chi connectivity index (χ0v) is 13.2. The lowest BCUT2D eigenvalue weighted by Crippen LogP contribution is -2.34. The van der Waals surface area contributed by atoms with E-state index < -0.39 is 0 Å². The van der Waals surface area contributed by atoms with Crippen LogP contribution in [0.1, 0.15) is 57.7 Å². The monoisotopic (exact) mass is 293 g/mol.